The lowest BCUT2D eigenvalue weighted by atomic mass is 9.87. The minimum Gasteiger partial charge on any atom is -0.299 e. The van der Waals surface area contributed by atoms with E-state index in [2.05, 4.69) is 44.1 Å². The summed E-state index contributed by atoms with van der Waals surface area (Å²) in [4.78, 5) is 0. The average molecular weight is 201 g/mol. The van der Waals surface area contributed by atoms with E-state index < -0.39 is 0 Å². The maximum atomic E-state index is 5.51. The Morgan fingerprint density at radius 1 is 1.27 bits per heavy atom. The molecule has 1 unspecified atom stereocenters. The first-order valence-corrected chi connectivity index (χ1v) is 5.27. The zero-order valence-corrected chi connectivity index (χ0v) is 9.75. The van der Waals surface area contributed by atoms with Crippen molar-refractivity contribution in [1.29, 1.82) is 0 Å². The summed E-state index contributed by atoms with van der Waals surface area (Å²) in [6.45, 7) is 7.27. The van der Waals surface area contributed by atoms with Gasteiger partial charge >= 0.3 is 0 Å². The van der Waals surface area contributed by atoms with Crippen LogP contribution in [0.3, 0.4) is 0 Å². The Hall–Kier alpha value is -1.26. The molecule has 1 N–H and O–H groups in total. The lowest BCUT2D eigenvalue weighted by molar-refractivity contribution is 0.321. The SMILES string of the molecule is C#CC(NCc1ccccc1)C(C)(C)C. The lowest BCUT2D eigenvalue weighted by Crippen LogP contribution is -2.38. The third kappa shape index (κ3) is 3.77. The summed E-state index contributed by atoms with van der Waals surface area (Å²) in [5, 5.41) is 3.39. The largest absolute Gasteiger partial charge is 0.299 e. The van der Waals surface area contributed by atoms with Crippen LogP contribution < -0.4 is 5.32 Å². The van der Waals surface area contributed by atoms with Gasteiger partial charge in [0.15, 0.2) is 0 Å². The van der Waals surface area contributed by atoms with Crippen LogP contribution in [-0.4, -0.2) is 6.04 Å². The first kappa shape index (κ1) is 11.8. The summed E-state index contributed by atoms with van der Waals surface area (Å²) in [5.41, 5.74) is 1.37. The van der Waals surface area contributed by atoms with Crippen LogP contribution in [0.4, 0.5) is 0 Å². The van der Waals surface area contributed by atoms with Crippen molar-refractivity contribution in [2.45, 2.75) is 33.4 Å². The Kier molecular flexibility index (Phi) is 3.94. The van der Waals surface area contributed by atoms with Crippen molar-refractivity contribution in [2.75, 3.05) is 0 Å². The Labute approximate surface area is 92.9 Å². The normalized spacial score (nSPS) is 13.2. The van der Waals surface area contributed by atoms with Gasteiger partial charge in [0.25, 0.3) is 0 Å². The van der Waals surface area contributed by atoms with Gasteiger partial charge in [0.1, 0.15) is 0 Å². The first-order chi connectivity index (χ1) is 7.04. The molecule has 0 spiro atoms. The Morgan fingerprint density at radius 3 is 2.33 bits per heavy atom. The van der Waals surface area contributed by atoms with Crippen molar-refractivity contribution in [1.82, 2.24) is 5.32 Å². The Balaban J connectivity index is 2.54. The van der Waals surface area contributed by atoms with E-state index in [4.69, 9.17) is 6.42 Å². The fourth-order valence-electron chi connectivity index (χ4n) is 1.43. The predicted octanol–water partition coefficient (Wildman–Crippen LogP) is 2.82. The van der Waals surface area contributed by atoms with E-state index in [0.717, 1.165) is 6.54 Å². The zero-order valence-electron chi connectivity index (χ0n) is 9.75. The lowest BCUT2D eigenvalue weighted by Gasteiger charge is -2.27. The van der Waals surface area contributed by atoms with E-state index in [1.54, 1.807) is 0 Å². The van der Waals surface area contributed by atoms with Crippen molar-refractivity contribution >= 4 is 0 Å². The topological polar surface area (TPSA) is 12.0 Å². The highest BCUT2D eigenvalue weighted by Gasteiger charge is 2.21. The van der Waals surface area contributed by atoms with E-state index in [9.17, 15) is 0 Å². The summed E-state index contributed by atoms with van der Waals surface area (Å²) < 4.78 is 0. The molecule has 1 rings (SSSR count). The van der Waals surface area contributed by atoms with Gasteiger partial charge in [0, 0.05) is 6.54 Å². The summed E-state index contributed by atoms with van der Waals surface area (Å²) in [7, 11) is 0. The number of nitrogens with one attached hydrogen (secondary N) is 1. The van der Waals surface area contributed by atoms with Gasteiger partial charge in [-0.1, -0.05) is 57.0 Å². The van der Waals surface area contributed by atoms with Crippen molar-refractivity contribution < 1.29 is 0 Å². The summed E-state index contributed by atoms with van der Waals surface area (Å²) in [6, 6.07) is 10.4. The van der Waals surface area contributed by atoms with Crippen molar-refractivity contribution in [2.24, 2.45) is 5.41 Å². The summed E-state index contributed by atoms with van der Waals surface area (Å²) in [5.74, 6) is 2.80. The number of hydrogen-bond donors (Lipinski definition) is 1. The molecule has 0 fully saturated rings. The van der Waals surface area contributed by atoms with Crippen molar-refractivity contribution in [3.8, 4) is 12.3 Å². The molecule has 15 heavy (non-hydrogen) atoms. The summed E-state index contributed by atoms with van der Waals surface area (Å²) in [6.07, 6.45) is 5.51. The molecule has 0 aliphatic carbocycles. The highest BCUT2D eigenvalue weighted by atomic mass is 14.9. The average Bonchev–Trinajstić information content (AvgIpc) is 2.18. The molecule has 0 heterocycles. The van der Waals surface area contributed by atoms with Gasteiger partial charge in [-0.05, 0) is 11.0 Å². The quantitative estimate of drug-likeness (QED) is 0.741. The molecule has 0 aliphatic rings. The van der Waals surface area contributed by atoms with Crippen LogP contribution >= 0.6 is 0 Å². The fraction of sp³-hybridized carbons (Fsp3) is 0.429. The molecule has 0 aromatic heterocycles. The third-order valence-electron chi connectivity index (χ3n) is 2.39. The molecule has 0 amide bonds. The van der Waals surface area contributed by atoms with Gasteiger partial charge in [-0.2, -0.15) is 0 Å². The van der Waals surface area contributed by atoms with Crippen LogP contribution in [0.2, 0.25) is 0 Å². The molecule has 80 valence electrons. The molecule has 0 radical (unpaired) electrons. The third-order valence-corrected chi connectivity index (χ3v) is 2.39. The molecule has 0 aliphatic heterocycles. The van der Waals surface area contributed by atoms with Gasteiger partial charge in [-0.25, -0.2) is 0 Å². The molecular weight excluding hydrogens is 182 g/mol. The smallest absolute Gasteiger partial charge is 0.0738 e. The minimum absolute atomic E-state index is 0.101. The van der Waals surface area contributed by atoms with Gasteiger partial charge < -0.3 is 0 Å². The van der Waals surface area contributed by atoms with Crippen LogP contribution in [0.25, 0.3) is 0 Å². The number of rotatable bonds is 3. The van der Waals surface area contributed by atoms with Crippen LogP contribution in [0, 0.1) is 17.8 Å². The number of hydrogen-bond acceptors (Lipinski definition) is 1. The van der Waals surface area contributed by atoms with E-state index in [0.29, 0.717) is 0 Å². The molecular formula is C14H19N. The van der Waals surface area contributed by atoms with E-state index in [1.807, 2.05) is 18.2 Å². The molecule has 1 atom stereocenters. The molecule has 1 aromatic rings. The highest BCUT2D eigenvalue weighted by molar-refractivity contribution is 5.15. The van der Waals surface area contributed by atoms with Gasteiger partial charge in [-0.3, -0.25) is 5.32 Å². The van der Waals surface area contributed by atoms with E-state index >= 15 is 0 Å². The first-order valence-electron chi connectivity index (χ1n) is 5.27. The minimum atomic E-state index is 0.101. The molecule has 1 heteroatoms. The van der Waals surface area contributed by atoms with E-state index in [1.165, 1.54) is 5.56 Å². The Bertz CT molecular complexity index is 327. The fourth-order valence-corrected chi connectivity index (χ4v) is 1.43. The Morgan fingerprint density at radius 2 is 1.87 bits per heavy atom. The molecule has 0 saturated heterocycles. The second kappa shape index (κ2) is 5.00. The van der Waals surface area contributed by atoms with Crippen LogP contribution in [0.1, 0.15) is 26.3 Å². The van der Waals surface area contributed by atoms with Crippen LogP contribution in [0.5, 0.6) is 0 Å². The molecule has 1 nitrogen and oxygen atoms in total. The second-order valence-corrected chi connectivity index (χ2v) is 4.83. The number of benzene rings is 1. The van der Waals surface area contributed by atoms with Gasteiger partial charge in [0.05, 0.1) is 6.04 Å². The standard InChI is InChI=1S/C14H19N/c1-5-13(14(2,3)4)15-11-12-9-7-6-8-10-12/h1,6-10,13,15H,11H2,2-4H3. The second-order valence-electron chi connectivity index (χ2n) is 4.83. The zero-order chi connectivity index (χ0) is 11.3. The maximum Gasteiger partial charge on any atom is 0.0738 e. The van der Waals surface area contributed by atoms with Crippen LogP contribution in [0.15, 0.2) is 30.3 Å². The van der Waals surface area contributed by atoms with Crippen molar-refractivity contribution in [3.05, 3.63) is 35.9 Å². The van der Waals surface area contributed by atoms with Gasteiger partial charge in [0.2, 0.25) is 0 Å². The molecule has 0 bridgehead atoms. The predicted molar refractivity (Wildman–Crippen MR) is 65.4 cm³/mol. The van der Waals surface area contributed by atoms with Crippen LogP contribution in [-0.2, 0) is 6.54 Å². The van der Waals surface area contributed by atoms with Gasteiger partial charge in [-0.15, -0.1) is 6.42 Å². The van der Waals surface area contributed by atoms with Crippen molar-refractivity contribution in [3.63, 3.8) is 0 Å². The molecule has 0 saturated carbocycles. The van der Waals surface area contributed by atoms with E-state index in [-0.39, 0.29) is 11.5 Å². The molecule has 1 aromatic carbocycles. The maximum absolute atomic E-state index is 5.51. The monoisotopic (exact) mass is 201 g/mol. The number of terminal acetylenes is 1. The summed E-state index contributed by atoms with van der Waals surface area (Å²) >= 11 is 0. The highest BCUT2D eigenvalue weighted by Crippen LogP contribution is 2.18.